The Kier molecular flexibility index (Phi) is 10.3. The molecule has 1 unspecified atom stereocenters. The van der Waals surface area contributed by atoms with Crippen LogP contribution in [-0.2, 0) is 19.1 Å². The smallest absolute Gasteiger partial charge is 0.408 e. The number of nitrogens with one attached hydrogen (secondary N) is 2. The lowest BCUT2D eigenvalue weighted by Gasteiger charge is -2.30. The van der Waals surface area contributed by atoms with Crippen LogP contribution < -0.4 is 15.4 Å². The molecule has 1 aromatic carbocycles. The standard InChI is InChI=1S/C32H44ClN7O7/c1-5-46-25-14-13-19(15-22(25)33)26-36-38-40(37-26)21-16-24-27(41)35-32(29(43)44)17-20(32)11-9-7-6-8-10-12-23(28(42)39(24)18-21)34-30(45)47-31(2,3)4/h13-15,20-21,23-24H,5-12,16-18H2,1-4H3,(H,34,45)(H,35,41)(H,43,44)/t20-,21+,23?,24-,32+/m0/s1. The van der Waals surface area contributed by atoms with E-state index >= 15 is 0 Å². The van der Waals surface area contributed by atoms with Gasteiger partial charge in [-0.05, 0) is 76.3 Å². The van der Waals surface area contributed by atoms with E-state index in [0.29, 0.717) is 54.5 Å². The summed E-state index contributed by atoms with van der Waals surface area (Å²) in [7, 11) is 0. The van der Waals surface area contributed by atoms with Gasteiger partial charge in [-0.2, -0.15) is 4.80 Å². The number of hydrogen-bond acceptors (Lipinski definition) is 9. The highest BCUT2D eigenvalue weighted by Gasteiger charge is 2.62. The maximum atomic E-state index is 14.2. The minimum absolute atomic E-state index is 0.0484. The maximum Gasteiger partial charge on any atom is 0.408 e. The van der Waals surface area contributed by atoms with Gasteiger partial charge in [0, 0.05) is 18.5 Å². The zero-order valence-electron chi connectivity index (χ0n) is 27.3. The van der Waals surface area contributed by atoms with Gasteiger partial charge in [-0.15, -0.1) is 10.2 Å². The van der Waals surface area contributed by atoms with Crippen LogP contribution in [0.2, 0.25) is 5.02 Å². The third-order valence-electron chi connectivity index (χ3n) is 8.98. The van der Waals surface area contributed by atoms with Crippen molar-refractivity contribution in [3.8, 4) is 17.1 Å². The first-order valence-corrected chi connectivity index (χ1v) is 16.8. The average molecular weight is 674 g/mol. The number of tetrazole rings is 1. The van der Waals surface area contributed by atoms with Crippen LogP contribution >= 0.6 is 11.6 Å². The Hall–Kier alpha value is -3.94. The highest BCUT2D eigenvalue weighted by atomic mass is 35.5. The highest BCUT2D eigenvalue weighted by molar-refractivity contribution is 6.32. The minimum atomic E-state index is -1.36. The molecule has 3 N–H and O–H groups in total. The van der Waals surface area contributed by atoms with Crippen molar-refractivity contribution in [2.45, 2.75) is 115 Å². The number of carboxylic acids is 1. The zero-order valence-corrected chi connectivity index (χ0v) is 28.1. The van der Waals surface area contributed by atoms with Crippen molar-refractivity contribution >= 4 is 35.5 Å². The molecule has 1 aliphatic carbocycles. The van der Waals surface area contributed by atoms with E-state index in [1.807, 2.05) is 6.92 Å². The molecule has 3 fully saturated rings. The lowest BCUT2D eigenvalue weighted by atomic mass is 10.0. The van der Waals surface area contributed by atoms with Crippen molar-refractivity contribution in [1.29, 1.82) is 0 Å². The van der Waals surface area contributed by atoms with Crippen LogP contribution in [0.5, 0.6) is 5.75 Å². The van der Waals surface area contributed by atoms with Crippen LogP contribution in [0.4, 0.5) is 4.79 Å². The number of rotatable bonds is 6. The molecule has 0 spiro atoms. The van der Waals surface area contributed by atoms with Crippen LogP contribution in [0.3, 0.4) is 0 Å². The molecule has 0 bridgehead atoms. The van der Waals surface area contributed by atoms with Crippen LogP contribution in [-0.4, -0.2) is 90.5 Å². The summed E-state index contributed by atoms with van der Waals surface area (Å²) in [6.45, 7) is 7.58. The molecule has 0 radical (unpaired) electrons. The van der Waals surface area contributed by atoms with E-state index < -0.39 is 53.1 Å². The average Bonchev–Trinajstić information content (AvgIpc) is 3.32. The van der Waals surface area contributed by atoms with E-state index in [1.165, 1.54) is 9.70 Å². The SMILES string of the molecule is CCOc1ccc(-c2nnn([C@@H]3C[C@H]4C(=O)N[C@]5(C(=O)O)C[C@@H]5CCCCCCCC(NC(=O)OC(C)(C)C)C(=O)N4C3)n2)cc1Cl. The monoisotopic (exact) mass is 673 g/mol. The van der Waals surface area contributed by atoms with Crippen LogP contribution in [0.15, 0.2) is 18.2 Å². The molecule has 2 aliphatic heterocycles. The van der Waals surface area contributed by atoms with E-state index in [0.717, 1.165) is 25.7 Å². The summed E-state index contributed by atoms with van der Waals surface area (Å²) in [6.07, 6.45) is 5.02. The summed E-state index contributed by atoms with van der Waals surface area (Å²) in [6, 6.07) is 2.64. The minimum Gasteiger partial charge on any atom is -0.492 e. The number of fused-ring (bicyclic) bond motifs is 2. The van der Waals surface area contributed by atoms with Gasteiger partial charge >= 0.3 is 12.1 Å². The number of aromatic nitrogens is 4. The van der Waals surface area contributed by atoms with Gasteiger partial charge in [-0.25, -0.2) is 9.59 Å². The number of ether oxygens (including phenoxy) is 2. The van der Waals surface area contributed by atoms with Gasteiger partial charge < -0.3 is 30.1 Å². The van der Waals surface area contributed by atoms with Gasteiger partial charge in [0.2, 0.25) is 17.6 Å². The summed E-state index contributed by atoms with van der Waals surface area (Å²) in [5, 5.41) is 29.1. The molecule has 47 heavy (non-hydrogen) atoms. The van der Waals surface area contributed by atoms with E-state index in [9.17, 15) is 24.3 Å². The molecule has 3 amide bonds. The van der Waals surface area contributed by atoms with Crippen molar-refractivity contribution in [1.82, 2.24) is 35.7 Å². The van der Waals surface area contributed by atoms with Crippen molar-refractivity contribution in [3.05, 3.63) is 23.2 Å². The van der Waals surface area contributed by atoms with E-state index in [1.54, 1.807) is 39.0 Å². The number of nitrogens with zero attached hydrogens (tertiary/aromatic N) is 5. The summed E-state index contributed by atoms with van der Waals surface area (Å²) in [5.41, 5.74) is -1.52. The number of hydrogen-bond donors (Lipinski definition) is 3. The second-order valence-corrected chi connectivity index (χ2v) is 14.0. The molecule has 15 heteroatoms. The maximum absolute atomic E-state index is 14.2. The number of amides is 3. The fraction of sp³-hybridized carbons (Fsp3) is 0.656. The Bertz CT molecular complexity index is 1490. The first-order valence-electron chi connectivity index (χ1n) is 16.4. The summed E-state index contributed by atoms with van der Waals surface area (Å²) >= 11 is 6.37. The number of carboxylic acid groups (broad SMARTS) is 1. The number of alkyl carbamates (subject to hydrolysis) is 1. The van der Waals surface area contributed by atoms with Gasteiger partial charge in [0.05, 0.1) is 17.7 Å². The predicted octanol–water partition coefficient (Wildman–Crippen LogP) is 4.13. The van der Waals surface area contributed by atoms with E-state index in [-0.39, 0.29) is 18.9 Å². The fourth-order valence-electron chi connectivity index (χ4n) is 6.51. The first-order chi connectivity index (χ1) is 22.3. The Balaban J connectivity index is 1.43. The summed E-state index contributed by atoms with van der Waals surface area (Å²) in [4.78, 5) is 56.1. The summed E-state index contributed by atoms with van der Waals surface area (Å²) < 4.78 is 11.0. The number of benzene rings is 1. The van der Waals surface area contributed by atoms with E-state index in [4.69, 9.17) is 21.1 Å². The molecule has 14 nitrogen and oxygen atoms in total. The van der Waals surface area contributed by atoms with Crippen molar-refractivity contribution in [2.75, 3.05) is 13.2 Å². The lowest BCUT2D eigenvalue weighted by Crippen LogP contribution is -2.56. The molecule has 3 aliphatic rings. The Morgan fingerprint density at radius 3 is 2.55 bits per heavy atom. The molecule has 1 saturated carbocycles. The van der Waals surface area contributed by atoms with Gasteiger partial charge in [0.15, 0.2) is 0 Å². The Morgan fingerprint density at radius 1 is 1.15 bits per heavy atom. The molecular weight excluding hydrogens is 630 g/mol. The summed E-state index contributed by atoms with van der Waals surface area (Å²) in [5.74, 6) is -1.43. The number of halogens is 1. The van der Waals surface area contributed by atoms with Crippen molar-refractivity contribution < 1.29 is 33.8 Å². The highest BCUT2D eigenvalue weighted by Crippen LogP contribution is 2.47. The first kappa shape index (κ1) is 34.4. The molecular formula is C32H44ClN7O7. The van der Waals surface area contributed by atoms with Gasteiger partial charge in [0.1, 0.15) is 29.0 Å². The van der Waals surface area contributed by atoms with Crippen molar-refractivity contribution in [3.63, 3.8) is 0 Å². The quantitative estimate of drug-likeness (QED) is 0.404. The number of carbonyl (C=O) groups excluding carboxylic acids is 3. The normalized spacial score (nSPS) is 27.0. The third-order valence-corrected chi connectivity index (χ3v) is 9.27. The Morgan fingerprint density at radius 2 is 1.87 bits per heavy atom. The van der Waals surface area contributed by atoms with Crippen LogP contribution in [0.25, 0.3) is 11.4 Å². The van der Waals surface area contributed by atoms with E-state index in [2.05, 4.69) is 26.0 Å². The molecule has 3 heterocycles. The topological polar surface area (TPSA) is 178 Å². The van der Waals surface area contributed by atoms with Gasteiger partial charge in [-0.3, -0.25) is 9.59 Å². The molecule has 5 rings (SSSR count). The zero-order chi connectivity index (χ0) is 33.9. The largest absolute Gasteiger partial charge is 0.492 e. The van der Waals surface area contributed by atoms with Gasteiger partial charge in [-0.1, -0.05) is 43.7 Å². The van der Waals surface area contributed by atoms with Gasteiger partial charge in [0.25, 0.3) is 0 Å². The Labute approximate surface area is 278 Å². The second kappa shape index (κ2) is 14.0. The molecule has 2 aromatic rings. The van der Waals surface area contributed by atoms with Crippen LogP contribution in [0.1, 0.15) is 91.5 Å². The van der Waals surface area contributed by atoms with Crippen LogP contribution in [0, 0.1) is 5.92 Å². The molecule has 1 aromatic heterocycles. The number of aliphatic carboxylic acids is 1. The fourth-order valence-corrected chi connectivity index (χ4v) is 6.74. The van der Waals surface area contributed by atoms with Crippen molar-refractivity contribution in [2.24, 2.45) is 5.92 Å². The molecule has 5 atom stereocenters. The lowest BCUT2D eigenvalue weighted by molar-refractivity contribution is -0.146. The second-order valence-electron chi connectivity index (χ2n) is 13.6. The molecule has 256 valence electrons. The number of carbonyl (C=O) groups is 4. The predicted molar refractivity (Wildman–Crippen MR) is 171 cm³/mol. The third kappa shape index (κ3) is 7.96. The molecule has 2 saturated heterocycles.